The van der Waals surface area contributed by atoms with Gasteiger partial charge in [0.15, 0.2) is 0 Å². The minimum Gasteiger partial charge on any atom is -0.105 e. The van der Waals surface area contributed by atoms with Crippen molar-refractivity contribution in [3.05, 3.63) is 23.2 Å². The summed E-state index contributed by atoms with van der Waals surface area (Å²) in [6.07, 6.45) is 0. The van der Waals surface area contributed by atoms with Crippen LogP contribution in [0.2, 0.25) is 0 Å². The molecule has 1 rings (SSSR count). The van der Waals surface area contributed by atoms with Crippen LogP contribution in [0.4, 0.5) is 0 Å². The van der Waals surface area contributed by atoms with E-state index in [-0.39, 0.29) is 5.41 Å². The first kappa shape index (κ1) is 9.17. The lowest BCUT2D eigenvalue weighted by Crippen LogP contribution is -2.17. The molecule has 0 saturated carbocycles. The quantitative estimate of drug-likeness (QED) is 0.543. The second kappa shape index (κ2) is 3.21. The third-order valence-electron chi connectivity index (χ3n) is 1.66. The van der Waals surface area contributed by atoms with Crippen molar-refractivity contribution in [3.8, 4) is 0 Å². The lowest BCUT2D eigenvalue weighted by molar-refractivity contribution is 0.595. The van der Waals surface area contributed by atoms with Crippen LogP contribution < -0.4 is 5.30 Å². The van der Waals surface area contributed by atoms with Gasteiger partial charge < -0.3 is 0 Å². The normalized spacial score (nSPS) is 12.4. The van der Waals surface area contributed by atoms with Crippen LogP contribution in [-0.4, -0.2) is 0 Å². The standard InChI is InChI=1S/C9H14P2/c1-9(2,3)7-4-5-11-6-8(7)10/h4-6H,10H2,1-3H3. The molecule has 11 heavy (non-hydrogen) atoms. The Labute approximate surface area is 72.7 Å². The van der Waals surface area contributed by atoms with Crippen molar-refractivity contribution in [1.82, 2.24) is 0 Å². The molecular formula is C9H14P2. The lowest BCUT2D eigenvalue weighted by atomic mass is 9.88. The Kier molecular flexibility index (Phi) is 2.68. The Hall–Kier alpha value is 0.0800. The van der Waals surface area contributed by atoms with Crippen LogP contribution in [0.25, 0.3) is 0 Å². The summed E-state index contributed by atoms with van der Waals surface area (Å²) < 4.78 is 0. The number of hydrogen-bond acceptors (Lipinski definition) is 0. The molecule has 0 aliphatic heterocycles. The van der Waals surface area contributed by atoms with E-state index >= 15 is 0 Å². The summed E-state index contributed by atoms with van der Waals surface area (Å²) in [5.41, 5.74) is 1.71. The van der Waals surface area contributed by atoms with Crippen LogP contribution in [0, 0.1) is 0 Å². The molecule has 0 aliphatic rings. The fourth-order valence-corrected chi connectivity index (χ4v) is 2.50. The third-order valence-corrected chi connectivity index (χ3v) is 3.17. The molecule has 0 radical (unpaired) electrons. The molecule has 0 saturated heterocycles. The van der Waals surface area contributed by atoms with E-state index in [0.29, 0.717) is 0 Å². The molecule has 1 aromatic rings. The fraction of sp³-hybridized carbons (Fsp3) is 0.444. The average molecular weight is 184 g/mol. The Balaban J connectivity index is 3.14. The Morgan fingerprint density at radius 1 is 1.36 bits per heavy atom. The summed E-state index contributed by atoms with van der Waals surface area (Å²) in [5, 5.41) is 1.35. The molecule has 1 unspecified atom stereocenters. The predicted molar refractivity (Wildman–Crippen MR) is 57.0 cm³/mol. The van der Waals surface area contributed by atoms with E-state index in [0.717, 1.165) is 0 Å². The van der Waals surface area contributed by atoms with Crippen molar-refractivity contribution in [3.63, 3.8) is 0 Å². The zero-order chi connectivity index (χ0) is 8.48. The first-order valence-electron chi connectivity index (χ1n) is 3.72. The summed E-state index contributed by atoms with van der Waals surface area (Å²) >= 11 is 0. The Morgan fingerprint density at radius 2 is 2.00 bits per heavy atom. The second-order valence-corrected chi connectivity index (χ2v) is 5.19. The fourth-order valence-electron chi connectivity index (χ4n) is 1.09. The van der Waals surface area contributed by atoms with E-state index in [1.165, 1.54) is 19.1 Å². The molecule has 2 heteroatoms. The van der Waals surface area contributed by atoms with E-state index in [2.05, 4.69) is 47.7 Å². The summed E-state index contributed by atoms with van der Waals surface area (Å²) in [5.74, 6) is 4.42. The van der Waals surface area contributed by atoms with E-state index in [1.807, 2.05) is 0 Å². The van der Waals surface area contributed by atoms with Gasteiger partial charge in [-0.2, -0.15) is 0 Å². The third kappa shape index (κ3) is 2.26. The first-order valence-corrected chi connectivity index (χ1v) is 5.33. The van der Waals surface area contributed by atoms with Crippen molar-refractivity contribution in [2.45, 2.75) is 26.2 Å². The van der Waals surface area contributed by atoms with Crippen LogP contribution in [0.3, 0.4) is 0 Å². The highest BCUT2D eigenvalue weighted by atomic mass is 31.0. The van der Waals surface area contributed by atoms with Crippen LogP contribution in [-0.2, 0) is 5.41 Å². The van der Waals surface area contributed by atoms with Crippen molar-refractivity contribution in [2.24, 2.45) is 0 Å². The zero-order valence-electron chi connectivity index (χ0n) is 7.26. The van der Waals surface area contributed by atoms with Crippen molar-refractivity contribution >= 4 is 22.7 Å². The summed E-state index contributed by atoms with van der Waals surface area (Å²) in [6.45, 7) is 6.73. The van der Waals surface area contributed by atoms with Gasteiger partial charge in [0.05, 0.1) is 0 Å². The van der Waals surface area contributed by atoms with Gasteiger partial charge in [-0.15, -0.1) is 9.24 Å². The zero-order valence-corrected chi connectivity index (χ0v) is 9.31. The molecule has 1 aromatic heterocycles. The molecule has 1 heterocycles. The van der Waals surface area contributed by atoms with Gasteiger partial charge >= 0.3 is 0 Å². The smallest absolute Gasteiger partial charge is 0.0125 e. The first-order chi connectivity index (χ1) is 5.02. The van der Waals surface area contributed by atoms with Crippen molar-refractivity contribution < 1.29 is 0 Å². The second-order valence-electron chi connectivity index (χ2n) is 3.71. The van der Waals surface area contributed by atoms with Gasteiger partial charge in [0.25, 0.3) is 0 Å². The molecule has 0 aromatic carbocycles. The number of rotatable bonds is 0. The molecule has 0 fully saturated rings. The van der Waals surface area contributed by atoms with E-state index in [4.69, 9.17) is 0 Å². The molecule has 1 atom stereocenters. The predicted octanol–water partition coefficient (Wildman–Crippen LogP) is 3.06. The SMILES string of the molecule is CC(C)(C)c1ccpcc1P. The minimum atomic E-state index is 0.278. The molecule has 0 aliphatic carbocycles. The highest BCUT2D eigenvalue weighted by Gasteiger charge is 2.14. The minimum absolute atomic E-state index is 0.278. The molecule has 0 amide bonds. The van der Waals surface area contributed by atoms with Gasteiger partial charge in [0.2, 0.25) is 0 Å². The van der Waals surface area contributed by atoms with E-state index in [1.54, 1.807) is 0 Å². The van der Waals surface area contributed by atoms with Crippen LogP contribution in [0.15, 0.2) is 17.7 Å². The highest BCUT2D eigenvalue weighted by molar-refractivity contribution is 7.33. The Morgan fingerprint density at radius 3 is 2.36 bits per heavy atom. The van der Waals surface area contributed by atoms with Crippen molar-refractivity contribution in [2.75, 3.05) is 0 Å². The van der Waals surface area contributed by atoms with Gasteiger partial charge in [-0.1, -0.05) is 35.0 Å². The molecule has 0 bridgehead atoms. The summed E-state index contributed by atoms with van der Waals surface area (Å²) in [7, 11) is 4.10. The average Bonchev–Trinajstić information content (AvgIpc) is 1.86. The summed E-state index contributed by atoms with van der Waals surface area (Å²) in [6, 6.07) is 2.23. The largest absolute Gasteiger partial charge is 0.105 e. The highest BCUT2D eigenvalue weighted by Crippen LogP contribution is 2.23. The van der Waals surface area contributed by atoms with E-state index < -0.39 is 0 Å². The monoisotopic (exact) mass is 184 g/mol. The Bertz CT molecular complexity index is 248. The van der Waals surface area contributed by atoms with Gasteiger partial charge in [0, 0.05) is 0 Å². The molecule has 0 spiro atoms. The molecule has 60 valence electrons. The molecular weight excluding hydrogens is 170 g/mol. The van der Waals surface area contributed by atoms with E-state index in [9.17, 15) is 0 Å². The number of hydrogen-bond donors (Lipinski definition) is 0. The summed E-state index contributed by atoms with van der Waals surface area (Å²) in [4.78, 5) is 0. The van der Waals surface area contributed by atoms with Gasteiger partial charge in [0.1, 0.15) is 0 Å². The van der Waals surface area contributed by atoms with Crippen molar-refractivity contribution in [1.29, 1.82) is 0 Å². The molecule has 0 nitrogen and oxygen atoms in total. The van der Waals surface area contributed by atoms with Crippen LogP contribution >= 0.6 is 17.4 Å². The van der Waals surface area contributed by atoms with Gasteiger partial charge in [-0.25, -0.2) is 0 Å². The maximum atomic E-state index is 2.80. The maximum absolute atomic E-state index is 2.80. The molecule has 0 N–H and O–H groups in total. The topological polar surface area (TPSA) is 0 Å². The van der Waals surface area contributed by atoms with Crippen LogP contribution in [0.5, 0.6) is 0 Å². The lowest BCUT2D eigenvalue weighted by Gasteiger charge is -2.20. The van der Waals surface area contributed by atoms with Crippen LogP contribution in [0.1, 0.15) is 26.3 Å². The van der Waals surface area contributed by atoms with Gasteiger partial charge in [-0.3, -0.25) is 0 Å². The van der Waals surface area contributed by atoms with Gasteiger partial charge in [-0.05, 0) is 27.9 Å². The maximum Gasteiger partial charge on any atom is -0.0125 e.